The first kappa shape index (κ1) is 11.5. The van der Waals surface area contributed by atoms with E-state index in [1.54, 1.807) is 7.11 Å². The molecule has 0 atom stereocenters. The zero-order valence-corrected chi connectivity index (χ0v) is 9.97. The second-order valence-electron chi connectivity index (χ2n) is 3.90. The zero-order chi connectivity index (χ0) is 12.3. The Balaban J connectivity index is 2.41. The molecule has 0 fully saturated rings. The maximum atomic E-state index is 9.71. The number of aromatic hydroxyl groups is 1. The molecule has 0 saturated heterocycles. The molecule has 0 amide bonds. The van der Waals surface area contributed by atoms with Crippen molar-refractivity contribution in [3.8, 4) is 11.5 Å². The number of hydrogen-bond acceptors (Lipinski definition) is 3. The van der Waals surface area contributed by atoms with Crippen LogP contribution in [-0.4, -0.2) is 17.2 Å². The summed E-state index contributed by atoms with van der Waals surface area (Å²) in [6, 6.07) is 10.1. The SMILES string of the molecule is COc1c(O)cnc(C)c1Cc1ccccc1. The van der Waals surface area contributed by atoms with Gasteiger partial charge in [0.05, 0.1) is 13.3 Å². The summed E-state index contributed by atoms with van der Waals surface area (Å²) < 4.78 is 5.24. The topological polar surface area (TPSA) is 42.4 Å². The first-order valence-electron chi connectivity index (χ1n) is 5.47. The third-order valence-electron chi connectivity index (χ3n) is 2.75. The van der Waals surface area contributed by atoms with Crippen LogP contribution >= 0.6 is 0 Å². The van der Waals surface area contributed by atoms with Crippen molar-refractivity contribution in [2.24, 2.45) is 0 Å². The van der Waals surface area contributed by atoms with Gasteiger partial charge >= 0.3 is 0 Å². The first-order valence-corrected chi connectivity index (χ1v) is 5.47. The molecule has 2 rings (SSSR count). The van der Waals surface area contributed by atoms with Crippen molar-refractivity contribution in [1.29, 1.82) is 0 Å². The van der Waals surface area contributed by atoms with Crippen LogP contribution in [0.15, 0.2) is 36.5 Å². The summed E-state index contributed by atoms with van der Waals surface area (Å²) in [7, 11) is 1.56. The lowest BCUT2D eigenvalue weighted by Crippen LogP contribution is -1.99. The van der Waals surface area contributed by atoms with E-state index >= 15 is 0 Å². The summed E-state index contributed by atoms with van der Waals surface area (Å²) in [4.78, 5) is 4.15. The largest absolute Gasteiger partial charge is 0.503 e. The van der Waals surface area contributed by atoms with E-state index in [1.807, 2.05) is 37.3 Å². The third-order valence-corrected chi connectivity index (χ3v) is 2.75. The van der Waals surface area contributed by atoms with Crippen molar-refractivity contribution < 1.29 is 9.84 Å². The van der Waals surface area contributed by atoms with Gasteiger partial charge in [0.15, 0.2) is 11.5 Å². The summed E-state index contributed by atoms with van der Waals surface area (Å²) in [6.45, 7) is 1.92. The van der Waals surface area contributed by atoms with Crippen molar-refractivity contribution in [2.45, 2.75) is 13.3 Å². The van der Waals surface area contributed by atoms with Gasteiger partial charge in [-0.2, -0.15) is 0 Å². The number of ether oxygens (including phenoxy) is 1. The number of aromatic nitrogens is 1. The molecule has 0 spiro atoms. The number of rotatable bonds is 3. The number of aryl methyl sites for hydroxylation is 1. The van der Waals surface area contributed by atoms with E-state index in [-0.39, 0.29) is 5.75 Å². The molecule has 3 nitrogen and oxygen atoms in total. The highest BCUT2D eigenvalue weighted by molar-refractivity contribution is 5.48. The summed E-state index contributed by atoms with van der Waals surface area (Å²) in [5.41, 5.74) is 2.98. The summed E-state index contributed by atoms with van der Waals surface area (Å²) in [5.74, 6) is 0.602. The van der Waals surface area contributed by atoms with E-state index in [2.05, 4.69) is 4.98 Å². The van der Waals surface area contributed by atoms with Crippen LogP contribution in [-0.2, 0) is 6.42 Å². The normalized spacial score (nSPS) is 10.2. The molecule has 88 valence electrons. The quantitative estimate of drug-likeness (QED) is 0.879. The third kappa shape index (κ3) is 2.38. The van der Waals surface area contributed by atoms with Crippen LogP contribution in [0, 0.1) is 6.92 Å². The summed E-state index contributed by atoms with van der Waals surface area (Å²) in [6.07, 6.45) is 2.12. The molecule has 0 unspecified atom stereocenters. The van der Waals surface area contributed by atoms with Crippen molar-refractivity contribution >= 4 is 0 Å². The second-order valence-corrected chi connectivity index (χ2v) is 3.90. The number of nitrogens with zero attached hydrogens (tertiary/aromatic N) is 1. The Morgan fingerprint density at radius 2 is 1.94 bits per heavy atom. The van der Waals surface area contributed by atoms with Crippen LogP contribution < -0.4 is 4.74 Å². The number of hydrogen-bond donors (Lipinski definition) is 1. The van der Waals surface area contributed by atoms with Gasteiger partial charge in [0.25, 0.3) is 0 Å². The number of methoxy groups -OCH3 is 1. The lowest BCUT2D eigenvalue weighted by Gasteiger charge is -2.12. The van der Waals surface area contributed by atoms with Crippen LogP contribution in [0.2, 0.25) is 0 Å². The minimum atomic E-state index is 0.0871. The highest BCUT2D eigenvalue weighted by Crippen LogP contribution is 2.32. The number of benzene rings is 1. The fourth-order valence-corrected chi connectivity index (χ4v) is 1.85. The maximum absolute atomic E-state index is 9.71. The van der Waals surface area contributed by atoms with Gasteiger partial charge in [-0.1, -0.05) is 30.3 Å². The Hall–Kier alpha value is -2.03. The fraction of sp³-hybridized carbons (Fsp3) is 0.214. The molecule has 0 saturated carbocycles. The van der Waals surface area contributed by atoms with Crippen LogP contribution in [0.25, 0.3) is 0 Å². The van der Waals surface area contributed by atoms with Gasteiger partial charge in [0, 0.05) is 17.7 Å². The Labute approximate surface area is 101 Å². The van der Waals surface area contributed by atoms with Crippen LogP contribution in [0.1, 0.15) is 16.8 Å². The monoisotopic (exact) mass is 229 g/mol. The van der Waals surface area contributed by atoms with E-state index in [0.717, 1.165) is 11.3 Å². The molecule has 17 heavy (non-hydrogen) atoms. The lowest BCUT2D eigenvalue weighted by molar-refractivity contribution is 0.367. The molecule has 1 aromatic carbocycles. The summed E-state index contributed by atoms with van der Waals surface area (Å²) in [5, 5.41) is 9.71. The van der Waals surface area contributed by atoms with Crippen LogP contribution in [0.5, 0.6) is 11.5 Å². The fourth-order valence-electron chi connectivity index (χ4n) is 1.85. The Morgan fingerprint density at radius 3 is 2.59 bits per heavy atom. The average molecular weight is 229 g/mol. The van der Waals surface area contributed by atoms with Crippen LogP contribution in [0.3, 0.4) is 0 Å². The average Bonchev–Trinajstić information content (AvgIpc) is 2.35. The molecule has 0 radical (unpaired) electrons. The molecule has 1 heterocycles. The zero-order valence-electron chi connectivity index (χ0n) is 9.97. The van der Waals surface area contributed by atoms with E-state index < -0.39 is 0 Å². The van der Waals surface area contributed by atoms with Gasteiger partial charge in [0.2, 0.25) is 0 Å². The van der Waals surface area contributed by atoms with Gasteiger partial charge in [-0.3, -0.25) is 4.98 Å². The van der Waals surface area contributed by atoms with Crippen molar-refractivity contribution in [2.75, 3.05) is 7.11 Å². The first-order chi connectivity index (χ1) is 8.22. The van der Waals surface area contributed by atoms with Gasteiger partial charge in [-0.15, -0.1) is 0 Å². The Bertz CT molecular complexity index is 509. The molecule has 0 aliphatic carbocycles. The molecule has 3 heteroatoms. The molecule has 0 aliphatic rings. The van der Waals surface area contributed by atoms with E-state index in [0.29, 0.717) is 12.2 Å². The minimum Gasteiger partial charge on any atom is -0.503 e. The minimum absolute atomic E-state index is 0.0871. The van der Waals surface area contributed by atoms with E-state index in [9.17, 15) is 5.11 Å². The molecule has 1 aromatic heterocycles. The molecule has 0 aliphatic heterocycles. The number of pyridine rings is 1. The Kier molecular flexibility index (Phi) is 3.28. The Morgan fingerprint density at radius 1 is 1.24 bits per heavy atom. The predicted octanol–water partition coefficient (Wildman–Crippen LogP) is 2.70. The van der Waals surface area contributed by atoms with Gasteiger partial charge < -0.3 is 9.84 Å². The predicted molar refractivity (Wildman–Crippen MR) is 66.4 cm³/mol. The van der Waals surface area contributed by atoms with Gasteiger partial charge in [-0.25, -0.2) is 0 Å². The second kappa shape index (κ2) is 4.87. The van der Waals surface area contributed by atoms with Crippen molar-refractivity contribution in [1.82, 2.24) is 4.98 Å². The molecular weight excluding hydrogens is 214 g/mol. The molecule has 2 aromatic rings. The van der Waals surface area contributed by atoms with E-state index in [1.165, 1.54) is 11.8 Å². The van der Waals surface area contributed by atoms with Gasteiger partial charge in [0.1, 0.15) is 0 Å². The molecular formula is C14H15NO2. The van der Waals surface area contributed by atoms with Crippen LogP contribution in [0.4, 0.5) is 0 Å². The highest BCUT2D eigenvalue weighted by Gasteiger charge is 2.12. The lowest BCUT2D eigenvalue weighted by atomic mass is 10.0. The van der Waals surface area contributed by atoms with Crippen molar-refractivity contribution in [3.63, 3.8) is 0 Å². The summed E-state index contributed by atoms with van der Waals surface area (Å²) >= 11 is 0. The highest BCUT2D eigenvalue weighted by atomic mass is 16.5. The van der Waals surface area contributed by atoms with Crippen molar-refractivity contribution in [3.05, 3.63) is 53.3 Å². The smallest absolute Gasteiger partial charge is 0.176 e. The van der Waals surface area contributed by atoms with Gasteiger partial charge in [-0.05, 0) is 12.5 Å². The molecule has 1 N–H and O–H groups in total. The molecule has 0 bridgehead atoms. The van der Waals surface area contributed by atoms with E-state index in [4.69, 9.17) is 4.74 Å². The maximum Gasteiger partial charge on any atom is 0.176 e. The standard InChI is InChI=1S/C14H15NO2/c1-10-12(8-11-6-4-3-5-7-11)14(17-2)13(16)9-15-10/h3-7,9,16H,8H2,1-2H3.